The molecule has 0 fully saturated rings. The molecule has 0 saturated carbocycles. The van der Waals surface area contributed by atoms with E-state index in [1.807, 2.05) is 6.26 Å². The summed E-state index contributed by atoms with van der Waals surface area (Å²) in [4.78, 5) is 27.1. The van der Waals surface area contributed by atoms with E-state index in [9.17, 15) is 19.1 Å². The van der Waals surface area contributed by atoms with Crippen molar-refractivity contribution in [3.05, 3.63) is 46.0 Å². The fraction of sp³-hybridized carbons (Fsp3) is 0.333. The van der Waals surface area contributed by atoms with Crippen molar-refractivity contribution in [2.45, 2.75) is 12.5 Å². The van der Waals surface area contributed by atoms with Gasteiger partial charge in [0.2, 0.25) is 5.43 Å². The summed E-state index contributed by atoms with van der Waals surface area (Å²) in [6, 6.07) is 3.71. The highest BCUT2D eigenvalue weighted by molar-refractivity contribution is 7.98. The lowest BCUT2D eigenvalue weighted by Gasteiger charge is -2.15. The molecule has 0 aliphatic rings. The van der Waals surface area contributed by atoms with E-state index in [0.717, 1.165) is 5.75 Å². The molecule has 5 nitrogen and oxygen atoms in total. The average molecular weight is 324 g/mol. The van der Waals surface area contributed by atoms with Crippen LogP contribution in [0.2, 0.25) is 0 Å². The highest BCUT2D eigenvalue weighted by Gasteiger charge is 2.17. The second kappa shape index (κ2) is 7.42. The first-order valence-corrected chi connectivity index (χ1v) is 8.18. The third-order valence-electron chi connectivity index (χ3n) is 3.33. The molecular weight excluding hydrogens is 307 g/mol. The van der Waals surface area contributed by atoms with Crippen LogP contribution in [0.3, 0.4) is 0 Å². The zero-order valence-corrected chi connectivity index (χ0v) is 12.9. The minimum Gasteiger partial charge on any atom is -0.394 e. The maximum absolute atomic E-state index is 13.6. The van der Waals surface area contributed by atoms with Gasteiger partial charge in [0.05, 0.1) is 18.2 Å². The van der Waals surface area contributed by atoms with Crippen molar-refractivity contribution in [2.75, 3.05) is 18.6 Å². The van der Waals surface area contributed by atoms with E-state index in [-0.39, 0.29) is 23.1 Å². The second-order valence-corrected chi connectivity index (χ2v) is 5.81. The van der Waals surface area contributed by atoms with Crippen LogP contribution >= 0.6 is 11.8 Å². The van der Waals surface area contributed by atoms with Crippen molar-refractivity contribution in [1.82, 2.24) is 10.3 Å². The smallest absolute Gasteiger partial charge is 0.257 e. The Kier molecular flexibility index (Phi) is 5.57. The molecule has 1 unspecified atom stereocenters. The number of aliphatic hydroxyl groups is 1. The third kappa shape index (κ3) is 3.48. The number of amides is 1. The van der Waals surface area contributed by atoms with E-state index in [0.29, 0.717) is 6.42 Å². The van der Waals surface area contributed by atoms with Gasteiger partial charge in [-0.1, -0.05) is 6.07 Å². The molecule has 1 aromatic carbocycles. The molecule has 1 heterocycles. The number of hydrogen-bond donors (Lipinski definition) is 3. The van der Waals surface area contributed by atoms with Gasteiger partial charge in [0.25, 0.3) is 5.91 Å². The Morgan fingerprint density at radius 1 is 1.50 bits per heavy atom. The van der Waals surface area contributed by atoms with Gasteiger partial charge in [-0.25, -0.2) is 4.39 Å². The fourth-order valence-corrected chi connectivity index (χ4v) is 2.64. The number of benzene rings is 1. The van der Waals surface area contributed by atoms with Gasteiger partial charge in [0.1, 0.15) is 11.4 Å². The summed E-state index contributed by atoms with van der Waals surface area (Å²) >= 11 is 1.60. The monoisotopic (exact) mass is 324 g/mol. The Labute approximate surface area is 130 Å². The summed E-state index contributed by atoms with van der Waals surface area (Å²) in [6.07, 6.45) is 3.73. The van der Waals surface area contributed by atoms with Crippen LogP contribution in [0.15, 0.2) is 29.2 Å². The molecule has 0 aliphatic carbocycles. The molecule has 0 spiro atoms. The Balaban J connectivity index is 2.29. The number of fused-ring (bicyclic) bond motifs is 1. The highest BCUT2D eigenvalue weighted by atomic mass is 32.2. The lowest BCUT2D eigenvalue weighted by molar-refractivity contribution is 0.0914. The van der Waals surface area contributed by atoms with E-state index < -0.39 is 23.2 Å². The normalized spacial score (nSPS) is 12.3. The van der Waals surface area contributed by atoms with Crippen LogP contribution in [-0.4, -0.2) is 40.7 Å². The number of aromatic amines is 1. The molecule has 1 atom stereocenters. The van der Waals surface area contributed by atoms with Crippen LogP contribution in [0.4, 0.5) is 4.39 Å². The molecule has 1 aromatic heterocycles. The Morgan fingerprint density at radius 3 is 2.95 bits per heavy atom. The van der Waals surface area contributed by atoms with Gasteiger partial charge in [0, 0.05) is 11.6 Å². The number of carbonyl (C=O) groups is 1. The SMILES string of the molecule is CSCCC(CO)NC(=O)c1c[nH]c2c(F)cccc2c1=O. The molecule has 118 valence electrons. The number of thioether (sulfide) groups is 1. The third-order valence-corrected chi connectivity index (χ3v) is 3.98. The molecule has 2 aromatic rings. The number of aliphatic hydroxyl groups excluding tert-OH is 1. The van der Waals surface area contributed by atoms with Crippen LogP contribution in [-0.2, 0) is 0 Å². The van der Waals surface area contributed by atoms with Gasteiger partial charge in [-0.3, -0.25) is 9.59 Å². The summed E-state index contributed by atoms with van der Waals surface area (Å²) in [5.74, 6) is -0.340. The summed E-state index contributed by atoms with van der Waals surface area (Å²) in [5, 5.41) is 12.0. The van der Waals surface area contributed by atoms with E-state index in [1.54, 1.807) is 11.8 Å². The molecule has 22 heavy (non-hydrogen) atoms. The molecule has 7 heteroatoms. The quantitative estimate of drug-likeness (QED) is 0.752. The van der Waals surface area contributed by atoms with Gasteiger partial charge in [-0.2, -0.15) is 11.8 Å². The first-order valence-electron chi connectivity index (χ1n) is 6.79. The Morgan fingerprint density at radius 2 is 2.27 bits per heavy atom. The second-order valence-electron chi connectivity index (χ2n) is 4.83. The van der Waals surface area contributed by atoms with Crippen LogP contribution in [0.1, 0.15) is 16.8 Å². The number of pyridine rings is 1. The number of hydrogen-bond acceptors (Lipinski definition) is 4. The van der Waals surface area contributed by atoms with Gasteiger partial charge in [-0.05, 0) is 30.6 Å². The van der Waals surface area contributed by atoms with Gasteiger partial charge >= 0.3 is 0 Å². The summed E-state index contributed by atoms with van der Waals surface area (Å²) < 4.78 is 13.6. The van der Waals surface area contributed by atoms with E-state index in [1.165, 1.54) is 24.4 Å². The fourth-order valence-electron chi connectivity index (χ4n) is 2.12. The molecule has 0 aliphatic heterocycles. The minimum atomic E-state index is -0.576. The average Bonchev–Trinajstić information content (AvgIpc) is 2.52. The van der Waals surface area contributed by atoms with Crippen molar-refractivity contribution in [3.63, 3.8) is 0 Å². The number of H-pyrrole nitrogens is 1. The van der Waals surface area contributed by atoms with Gasteiger partial charge in [0.15, 0.2) is 0 Å². The summed E-state index contributed by atoms with van der Waals surface area (Å²) in [5.41, 5.74) is -0.557. The van der Waals surface area contributed by atoms with Crippen molar-refractivity contribution < 1.29 is 14.3 Å². The van der Waals surface area contributed by atoms with E-state index >= 15 is 0 Å². The largest absolute Gasteiger partial charge is 0.394 e. The maximum Gasteiger partial charge on any atom is 0.257 e. The van der Waals surface area contributed by atoms with E-state index in [4.69, 9.17) is 0 Å². The molecule has 3 N–H and O–H groups in total. The molecule has 0 saturated heterocycles. The molecule has 2 rings (SSSR count). The predicted octanol–water partition coefficient (Wildman–Crippen LogP) is 1.51. The lowest BCUT2D eigenvalue weighted by Crippen LogP contribution is -2.39. The highest BCUT2D eigenvalue weighted by Crippen LogP contribution is 2.12. The topological polar surface area (TPSA) is 82.2 Å². The molecule has 0 bridgehead atoms. The van der Waals surface area contributed by atoms with Crippen LogP contribution in [0.25, 0.3) is 10.9 Å². The molecule has 0 radical (unpaired) electrons. The zero-order valence-electron chi connectivity index (χ0n) is 12.1. The number of halogens is 1. The number of carbonyl (C=O) groups excluding carboxylic acids is 1. The predicted molar refractivity (Wildman–Crippen MR) is 85.9 cm³/mol. The molecule has 1 amide bonds. The van der Waals surface area contributed by atoms with Crippen LogP contribution in [0.5, 0.6) is 0 Å². The minimum absolute atomic E-state index is 0.0742. The standard InChI is InChI=1S/C15H17FN2O3S/c1-22-6-5-9(8-19)18-15(21)11-7-17-13-10(14(11)20)3-2-4-12(13)16/h2-4,7,9,19H,5-6,8H2,1H3,(H,17,20)(H,18,21). The molecular formula is C15H17FN2O3S. The lowest BCUT2D eigenvalue weighted by atomic mass is 10.1. The first kappa shape index (κ1) is 16.5. The first-order chi connectivity index (χ1) is 10.6. The number of para-hydroxylation sites is 1. The van der Waals surface area contributed by atoms with Crippen molar-refractivity contribution in [3.8, 4) is 0 Å². The Hall–Kier alpha value is -1.86. The number of rotatable bonds is 6. The number of aromatic nitrogens is 1. The van der Waals surface area contributed by atoms with Crippen molar-refractivity contribution >= 4 is 28.6 Å². The van der Waals surface area contributed by atoms with Crippen molar-refractivity contribution in [1.29, 1.82) is 0 Å². The summed E-state index contributed by atoms with van der Waals surface area (Å²) in [7, 11) is 0. The summed E-state index contributed by atoms with van der Waals surface area (Å²) in [6.45, 7) is -0.202. The Bertz CT molecular complexity index is 732. The van der Waals surface area contributed by atoms with Gasteiger partial charge in [-0.15, -0.1) is 0 Å². The van der Waals surface area contributed by atoms with Crippen LogP contribution < -0.4 is 10.7 Å². The van der Waals surface area contributed by atoms with Gasteiger partial charge < -0.3 is 15.4 Å². The maximum atomic E-state index is 13.6. The zero-order chi connectivity index (χ0) is 16.1. The van der Waals surface area contributed by atoms with Crippen LogP contribution in [0, 0.1) is 5.82 Å². The number of nitrogens with one attached hydrogen (secondary N) is 2. The van der Waals surface area contributed by atoms with Crippen molar-refractivity contribution in [2.24, 2.45) is 0 Å². The van der Waals surface area contributed by atoms with E-state index in [2.05, 4.69) is 10.3 Å².